The molecule has 0 aromatic heterocycles. The van der Waals surface area contributed by atoms with Gasteiger partial charge >= 0.3 is 12.0 Å². The fraction of sp³-hybridized carbons (Fsp3) is 0.636. The number of amides is 2. The fourth-order valence-electron chi connectivity index (χ4n) is 1.56. The first-order valence-electron chi connectivity index (χ1n) is 5.31. The highest BCUT2D eigenvalue weighted by molar-refractivity contribution is 5.83. The number of rotatable bonds is 5. The van der Waals surface area contributed by atoms with Gasteiger partial charge in [0.15, 0.2) is 0 Å². The zero-order chi connectivity index (χ0) is 12.1. The number of hydrogen-bond acceptors (Lipinski definition) is 2. The molecule has 0 saturated heterocycles. The summed E-state index contributed by atoms with van der Waals surface area (Å²) >= 11 is 0. The van der Waals surface area contributed by atoms with Crippen LogP contribution in [0.4, 0.5) is 4.79 Å². The van der Waals surface area contributed by atoms with Crippen molar-refractivity contribution in [1.82, 2.24) is 10.6 Å². The lowest BCUT2D eigenvalue weighted by molar-refractivity contribution is -0.139. The molecule has 0 aromatic rings. The molecule has 16 heavy (non-hydrogen) atoms. The molecule has 1 aliphatic rings. The number of carboxylic acid groups (broad SMARTS) is 1. The Kier molecular flexibility index (Phi) is 4.18. The Balaban J connectivity index is 2.32. The van der Waals surface area contributed by atoms with Crippen LogP contribution in [0, 0.1) is 18.3 Å². The van der Waals surface area contributed by atoms with Crippen molar-refractivity contribution in [2.24, 2.45) is 5.92 Å². The highest BCUT2D eigenvalue weighted by Crippen LogP contribution is 2.32. The van der Waals surface area contributed by atoms with E-state index in [0.717, 1.165) is 12.8 Å². The Hall–Kier alpha value is -1.70. The number of carbonyl (C=O) groups is 2. The molecule has 3 atom stereocenters. The van der Waals surface area contributed by atoms with Gasteiger partial charge in [0.25, 0.3) is 0 Å². The van der Waals surface area contributed by atoms with Crippen molar-refractivity contribution in [3.8, 4) is 12.3 Å². The van der Waals surface area contributed by atoms with Crippen LogP contribution in [0.15, 0.2) is 0 Å². The maximum absolute atomic E-state index is 11.4. The third-order valence-corrected chi connectivity index (χ3v) is 2.69. The molecule has 2 amide bonds. The third-order valence-electron chi connectivity index (χ3n) is 2.69. The number of aliphatic carboxylic acids is 1. The van der Waals surface area contributed by atoms with Crippen molar-refractivity contribution in [2.45, 2.75) is 38.3 Å². The van der Waals surface area contributed by atoms with Crippen LogP contribution in [0.3, 0.4) is 0 Å². The van der Waals surface area contributed by atoms with E-state index < -0.39 is 18.0 Å². The number of carboxylic acids is 1. The van der Waals surface area contributed by atoms with Gasteiger partial charge in [-0.1, -0.05) is 13.3 Å². The third kappa shape index (κ3) is 3.46. The van der Waals surface area contributed by atoms with Crippen LogP contribution in [0.2, 0.25) is 0 Å². The van der Waals surface area contributed by atoms with Gasteiger partial charge < -0.3 is 15.7 Å². The van der Waals surface area contributed by atoms with Crippen LogP contribution in [-0.2, 0) is 4.79 Å². The Morgan fingerprint density at radius 3 is 2.75 bits per heavy atom. The molecule has 1 fully saturated rings. The highest BCUT2D eigenvalue weighted by atomic mass is 16.4. The minimum Gasteiger partial charge on any atom is -0.480 e. The van der Waals surface area contributed by atoms with E-state index >= 15 is 0 Å². The molecule has 1 rings (SSSR count). The Morgan fingerprint density at radius 2 is 2.31 bits per heavy atom. The zero-order valence-electron chi connectivity index (χ0n) is 9.19. The van der Waals surface area contributed by atoms with Gasteiger partial charge in [-0.3, -0.25) is 0 Å². The van der Waals surface area contributed by atoms with Gasteiger partial charge in [-0.2, -0.15) is 0 Å². The summed E-state index contributed by atoms with van der Waals surface area (Å²) in [5, 5.41) is 13.8. The van der Waals surface area contributed by atoms with E-state index in [9.17, 15) is 9.59 Å². The summed E-state index contributed by atoms with van der Waals surface area (Å²) in [5.74, 6) is 1.63. The molecule has 0 heterocycles. The minimum absolute atomic E-state index is 0.00930. The van der Waals surface area contributed by atoms with Crippen LogP contribution in [-0.4, -0.2) is 29.2 Å². The average molecular weight is 224 g/mol. The number of urea groups is 1. The number of hydrogen-bond donors (Lipinski definition) is 3. The van der Waals surface area contributed by atoms with Crippen LogP contribution >= 0.6 is 0 Å². The molecule has 1 saturated carbocycles. The second kappa shape index (κ2) is 5.40. The summed E-state index contributed by atoms with van der Waals surface area (Å²) in [6.45, 7) is 2.06. The average Bonchev–Trinajstić information content (AvgIpc) is 2.95. The first kappa shape index (κ1) is 12.4. The maximum Gasteiger partial charge on any atom is 0.327 e. The molecule has 1 aliphatic carbocycles. The highest BCUT2D eigenvalue weighted by Gasteiger charge is 2.36. The molecule has 5 heteroatoms. The summed E-state index contributed by atoms with van der Waals surface area (Å²) < 4.78 is 0. The topological polar surface area (TPSA) is 78.4 Å². The lowest BCUT2D eigenvalue weighted by Gasteiger charge is -2.12. The van der Waals surface area contributed by atoms with Crippen LogP contribution < -0.4 is 10.6 Å². The van der Waals surface area contributed by atoms with E-state index in [2.05, 4.69) is 23.5 Å². The predicted octanol–water partition coefficient (Wildman–Crippen LogP) is 0.561. The van der Waals surface area contributed by atoms with E-state index in [1.165, 1.54) is 0 Å². The molecule has 3 unspecified atom stereocenters. The second-order valence-corrected chi connectivity index (χ2v) is 3.93. The summed E-state index contributed by atoms with van der Waals surface area (Å²) in [4.78, 5) is 22.1. The van der Waals surface area contributed by atoms with Gasteiger partial charge in [-0.25, -0.2) is 9.59 Å². The first-order chi connectivity index (χ1) is 7.58. The standard InChI is InChI=1S/C11H16N2O3/c1-3-5-8(10(14)15)12-11(16)13-9-6-7(9)4-2/h1,7-9H,4-6H2,2H3,(H,14,15)(H2,12,13,16). The van der Waals surface area contributed by atoms with E-state index in [1.54, 1.807) is 0 Å². The predicted molar refractivity (Wildman–Crippen MR) is 58.7 cm³/mol. The quantitative estimate of drug-likeness (QED) is 0.597. The van der Waals surface area contributed by atoms with Gasteiger partial charge in [0.2, 0.25) is 0 Å². The van der Waals surface area contributed by atoms with Crippen molar-refractivity contribution in [3.63, 3.8) is 0 Å². The zero-order valence-corrected chi connectivity index (χ0v) is 9.19. The van der Waals surface area contributed by atoms with Crippen LogP contribution in [0.5, 0.6) is 0 Å². The van der Waals surface area contributed by atoms with Crippen molar-refractivity contribution >= 4 is 12.0 Å². The lowest BCUT2D eigenvalue weighted by atomic mass is 10.2. The molecule has 0 bridgehead atoms. The Labute approximate surface area is 94.6 Å². The number of terminal acetylenes is 1. The van der Waals surface area contributed by atoms with Gasteiger partial charge in [-0.05, 0) is 12.3 Å². The Bertz CT molecular complexity index is 322. The molecular weight excluding hydrogens is 208 g/mol. The van der Waals surface area contributed by atoms with E-state index in [0.29, 0.717) is 5.92 Å². The molecule has 5 nitrogen and oxygen atoms in total. The molecule has 0 aromatic carbocycles. The van der Waals surface area contributed by atoms with Gasteiger partial charge in [0.1, 0.15) is 6.04 Å². The van der Waals surface area contributed by atoms with Gasteiger partial charge in [-0.15, -0.1) is 12.3 Å². The molecular formula is C11H16N2O3. The van der Waals surface area contributed by atoms with Crippen molar-refractivity contribution < 1.29 is 14.7 Å². The summed E-state index contributed by atoms with van der Waals surface area (Å²) in [5.41, 5.74) is 0. The molecule has 3 N–H and O–H groups in total. The van der Waals surface area contributed by atoms with E-state index in [-0.39, 0.29) is 12.5 Å². The summed E-state index contributed by atoms with van der Waals surface area (Å²) in [6, 6.07) is -1.28. The minimum atomic E-state index is -1.11. The van der Waals surface area contributed by atoms with Crippen LogP contribution in [0.25, 0.3) is 0 Å². The number of carbonyl (C=O) groups excluding carboxylic acids is 1. The van der Waals surface area contributed by atoms with E-state index in [4.69, 9.17) is 11.5 Å². The van der Waals surface area contributed by atoms with Gasteiger partial charge in [0.05, 0.1) is 0 Å². The van der Waals surface area contributed by atoms with Crippen molar-refractivity contribution in [1.29, 1.82) is 0 Å². The molecule has 88 valence electrons. The smallest absolute Gasteiger partial charge is 0.327 e. The second-order valence-electron chi connectivity index (χ2n) is 3.93. The number of nitrogens with one attached hydrogen (secondary N) is 2. The molecule has 0 radical (unpaired) electrons. The summed E-state index contributed by atoms with van der Waals surface area (Å²) in [6.07, 6.45) is 7.00. The SMILES string of the molecule is C#CCC(NC(=O)NC1CC1CC)C(=O)O. The normalized spacial score (nSPS) is 24.0. The Morgan fingerprint density at radius 1 is 1.62 bits per heavy atom. The first-order valence-corrected chi connectivity index (χ1v) is 5.31. The van der Waals surface area contributed by atoms with Crippen LogP contribution in [0.1, 0.15) is 26.2 Å². The monoisotopic (exact) mass is 224 g/mol. The maximum atomic E-state index is 11.4. The fourth-order valence-corrected chi connectivity index (χ4v) is 1.56. The largest absolute Gasteiger partial charge is 0.480 e. The van der Waals surface area contributed by atoms with Crippen molar-refractivity contribution in [2.75, 3.05) is 0 Å². The molecule has 0 spiro atoms. The van der Waals surface area contributed by atoms with Crippen molar-refractivity contribution in [3.05, 3.63) is 0 Å². The summed E-state index contributed by atoms with van der Waals surface area (Å²) in [7, 11) is 0. The lowest BCUT2D eigenvalue weighted by Crippen LogP contribution is -2.46. The van der Waals surface area contributed by atoms with Gasteiger partial charge in [0, 0.05) is 12.5 Å². The molecule has 0 aliphatic heterocycles. The van der Waals surface area contributed by atoms with E-state index in [1.807, 2.05) is 0 Å².